The van der Waals surface area contributed by atoms with Crippen molar-refractivity contribution in [1.29, 1.82) is 0 Å². The Hall–Kier alpha value is -0.0600. The molecular weight excluding hydrogens is 393 g/mol. The van der Waals surface area contributed by atoms with E-state index in [9.17, 15) is 4.79 Å². The molecule has 2 atom stereocenters. The molecule has 0 saturated heterocycles. The molecule has 1 aromatic carbocycles. The highest BCUT2D eigenvalue weighted by Gasteiger charge is 2.20. The van der Waals surface area contributed by atoms with E-state index in [1.165, 1.54) is 19.3 Å². The van der Waals surface area contributed by atoms with E-state index in [4.69, 9.17) is 11.6 Å². The maximum absolute atomic E-state index is 12.1. The van der Waals surface area contributed by atoms with E-state index >= 15 is 0 Å². The maximum Gasteiger partial charge on any atom is 0.251 e. The molecular formula is C14H16Br2ClNO. The highest BCUT2D eigenvalue weighted by molar-refractivity contribution is 9.10. The lowest BCUT2D eigenvalue weighted by Gasteiger charge is -2.25. The molecule has 1 saturated carbocycles. The molecule has 5 heteroatoms. The minimum atomic E-state index is -0.0557. The van der Waals surface area contributed by atoms with Crippen LogP contribution < -0.4 is 5.32 Å². The molecule has 2 unspecified atom stereocenters. The molecule has 1 aliphatic carbocycles. The number of carbonyl (C=O) groups is 1. The van der Waals surface area contributed by atoms with Gasteiger partial charge in [0.1, 0.15) is 0 Å². The van der Waals surface area contributed by atoms with Gasteiger partial charge in [0.25, 0.3) is 5.91 Å². The molecule has 2 nitrogen and oxygen atoms in total. The first-order valence-electron chi connectivity index (χ1n) is 6.43. The van der Waals surface area contributed by atoms with Crippen LogP contribution in [0.5, 0.6) is 0 Å². The fraction of sp³-hybridized carbons (Fsp3) is 0.500. The molecule has 0 bridgehead atoms. The quantitative estimate of drug-likeness (QED) is 0.715. The molecule has 0 spiro atoms. The SMILES string of the molecule is O=C(NCC1CCCC(Br)C1)c1cc(Cl)cc(Br)c1. The molecule has 0 radical (unpaired) electrons. The molecule has 0 aliphatic heterocycles. The summed E-state index contributed by atoms with van der Waals surface area (Å²) in [6.07, 6.45) is 4.81. The first kappa shape index (κ1) is 15.3. The van der Waals surface area contributed by atoms with Crippen LogP contribution in [0.4, 0.5) is 0 Å². The zero-order valence-electron chi connectivity index (χ0n) is 10.5. The van der Waals surface area contributed by atoms with Crippen LogP contribution >= 0.6 is 43.5 Å². The van der Waals surface area contributed by atoms with E-state index in [-0.39, 0.29) is 5.91 Å². The average Bonchev–Trinajstić information content (AvgIpc) is 2.35. The fourth-order valence-electron chi connectivity index (χ4n) is 2.43. The molecule has 2 rings (SSSR count). The third-order valence-corrected chi connectivity index (χ3v) is 4.90. The van der Waals surface area contributed by atoms with Crippen LogP contribution in [0, 0.1) is 5.92 Å². The van der Waals surface area contributed by atoms with Gasteiger partial charge < -0.3 is 5.32 Å². The van der Waals surface area contributed by atoms with Crippen LogP contribution in [-0.2, 0) is 0 Å². The van der Waals surface area contributed by atoms with Crippen molar-refractivity contribution in [1.82, 2.24) is 5.32 Å². The molecule has 1 aromatic rings. The minimum Gasteiger partial charge on any atom is -0.352 e. The van der Waals surface area contributed by atoms with Crippen molar-refractivity contribution in [2.75, 3.05) is 6.54 Å². The van der Waals surface area contributed by atoms with Crippen molar-refractivity contribution >= 4 is 49.4 Å². The fourth-order valence-corrected chi connectivity index (χ4v) is 4.15. The normalized spacial score (nSPS) is 23.1. The number of halogens is 3. The second-order valence-corrected chi connectivity index (χ2v) is 7.65. The smallest absolute Gasteiger partial charge is 0.251 e. The Morgan fingerprint density at radius 1 is 1.37 bits per heavy atom. The monoisotopic (exact) mass is 407 g/mol. The molecule has 0 heterocycles. The molecule has 19 heavy (non-hydrogen) atoms. The van der Waals surface area contributed by atoms with Crippen molar-refractivity contribution in [3.05, 3.63) is 33.3 Å². The van der Waals surface area contributed by atoms with Gasteiger partial charge in [0.05, 0.1) is 0 Å². The van der Waals surface area contributed by atoms with Gasteiger partial charge in [-0.2, -0.15) is 0 Å². The van der Waals surface area contributed by atoms with E-state index in [2.05, 4.69) is 37.2 Å². The van der Waals surface area contributed by atoms with Crippen LogP contribution in [0.25, 0.3) is 0 Å². The number of rotatable bonds is 3. The number of hydrogen-bond donors (Lipinski definition) is 1. The Balaban J connectivity index is 1.90. The van der Waals surface area contributed by atoms with Gasteiger partial charge in [0.15, 0.2) is 0 Å². The number of carbonyl (C=O) groups excluding carboxylic acids is 1. The van der Waals surface area contributed by atoms with Crippen LogP contribution in [0.15, 0.2) is 22.7 Å². The van der Waals surface area contributed by atoms with Gasteiger partial charge in [0.2, 0.25) is 0 Å². The van der Waals surface area contributed by atoms with Gasteiger partial charge in [-0.05, 0) is 43.4 Å². The van der Waals surface area contributed by atoms with Gasteiger partial charge in [-0.25, -0.2) is 0 Å². The number of amides is 1. The molecule has 0 aromatic heterocycles. The summed E-state index contributed by atoms with van der Waals surface area (Å²) in [5.74, 6) is 0.518. The van der Waals surface area contributed by atoms with E-state index in [1.807, 2.05) is 0 Å². The second-order valence-electron chi connectivity index (χ2n) is 5.00. The average molecular weight is 410 g/mol. The first-order valence-corrected chi connectivity index (χ1v) is 8.51. The van der Waals surface area contributed by atoms with Crippen molar-refractivity contribution in [2.24, 2.45) is 5.92 Å². The van der Waals surface area contributed by atoms with Crippen LogP contribution in [-0.4, -0.2) is 17.3 Å². The summed E-state index contributed by atoms with van der Waals surface area (Å²) in [4.78, 5) is 12.7. The summed E-state index contributed by atoms with van der Waals surface area (Å²) in [6.45, 7) is 0.741. The van der Waals surface area contributed by atoms with Gasteiger partial charge in [-0.15, -0.1) is 0 Å². The zero-order chi connectivity index (χ0) is 13.8. The molecule has 1 fully saturated rings. The van der Waals surface area contributed by atoms with E-state index in [1.54, 1.807) is 18.2 Å². The Morgan fingerprint density at radius 2 is 2.16 bits per heavy atom. The van der Waals surface area contributed by atoms with Crippen LogP contribution in [0.2, 0.25) is 5.02 Å². The molecule has 104 valence electrons. The predicted octanol–water partition coefficient (Wildman–Crippen LogP) is 4.79. The van der Waals surface area contributed by atoms with Crippen LogP contribution in [0.3, 0.4) is 0 Å². The minimum absolute atomic E-state index is 0.0557. The Morgan fingerprint density at radius 3 is 2.84 bits per heavy atom. The lowest BCUT2D eigenvalue weighted by atomic mass is 9.89. The van der Waals surface area contributed by atoms with Gasteiger partial charge in [-0.1, -0.05) is 49.9 Å². The lowest BCUT2D eigenvalue weighted by Crippen LogP contribution is -2.31. The summed E-state index contributed by atoms with van der Waals surface area (Å²) in [6, 6.07) is 5.25. The Kier molecular flexibility index (Phi) is 5.72. The van der Waals surface area contributed by atoms with Crippen molar-refractivity contribution in [3.8, 4) is 0 Å². The third kappa shape index (κ3) is 4.76. The highest BCUT2D eigenvalue weighted by atomic mass is 79.9. The van der Waals surface area contributed by atoms with Crippen molar-refractivity contribution in [3.63, 3.8) is 0 Å². The van der Waals surface area contributed by atoms with Gasteiger partial charge in [-0.3, -0.25) is 4.79 Å². The molecule has 1 aliphatic rings. The second kappa shape index (κ2) is 7.09. The summed E-state index contributed by atoms with van der Waals surface area (Å²) in [5, 5.41) is 3.57. The summed E-state index contributed by atoms with van der Waals surface area (Å²) < 4.78 is 0.823. The summed E-state index contributed by atoms with van der Waals surface area (Å²) in [5.41, 5.74) is 0.602. The number of alkyl halides is 1. The van der Waals surface area contributed by atoms with Gasteiger partial charge in [0, 0.05) is 26.4 Å². The third-order valence-electron chi connectivity index (χ3n) is 3.39. The summed E-state index contributed by atoms with van der Waals surface area (Å²) in [7, 11) is 0. The topological polar surface area (TPSA) is 29.1 Å². The Bertz CT molecular complexity index is 447. The highest BCUT2D eigenvalue weighted by Crippen LogP contribution is 2.28. The number of nitrogens with one attached hydrogen (secondary N) is 1. The Labute approximate surface area is 135 Å². The zero-order valence-corrected chi connectivity index (χ0v) is 14.4. The van der Waals surface area contributed by atoms with E-state index < -0.39 is 0 Å². The predicted molar refractivity (Wildman–Crippen MR) is 86.2 cm³/mol. The van der Waals surface area contributed by atoms with Gasteiger partial charge >= 0.3 is 0 Å². The van der Waals surface area contributed by atoms with E-state index in [0.29, 0.717) is 21.3 Å². The maximum atomic E-state index is 12.1. The molecule has 1 N–H and O–H groups in total. The van der Waals surface area contributed by atoms with Crippen molar-refractivity contribution < 1.29 is 4.79 Å². The largest absolute Gasteiger partial charge is 0.352 e. The number of hydrogen-bond acceptors (Lipinski definition) is 1. The summed E-state index contributed by atoms with van der Waals surface area (Å²) >= 11 is 13.0. The number of benzene rings is 1. The van der Waals surface area contributed by atoms with E-state index in [0.717, 1.165) is 17.4 Å². The van der Waals surface area contributed by atoms with Crippen LogP contribution in [0.1, 0.15) is 36.0 Å². The first-order chi connectivity index (χ1) is 9.04. The standard InChI is InChI=1S/C14H16Br2ClNO/c15-11-3-1-2-9(4-11)8-18-14(19)10-5-12(16)7-13(17)6-10/h5-7,9,11H,1-4,8H2,(H,18,19). The lowest BCUT2D eigenvalue weighted by molar-refractivity contribution is 0.0944. The molecule has 1 amide bonds. The van der Waals surface area contributed by atoms with Crippen molar-refractivity contribution in [2.45, 2.75) is 30.5 Å².